The van der Waals surface area contributed by atoms with Crippen LogP contribution in [-0.4, -0.2) is 25.3 Å². The summed E-state index contributed by atoms with van der Waals surface area (Å²) in [6.45, 7) is 0. The summed E-state index contributed by atoms with van der Waals surface area (Å²) in [5.74, 6) is 1.33. The minimum atomic E-state index is -0.156. The molecular formula is C29H24N4OS. The van der Waals surface area contributed by atoms with E-state index < -0.39 is 0 Å². The maximum absolute atomic E-state index is 13.5. The van der Waals surface area contributed by atoms with Crippen LogP contribution in [0.15, 0.2) is 94.9 Å². The molecule has 0 saturated heterocycles. The van der Waals surface area contributed by atoms with E-state index in [1.807, 2.05) is 51.8 Å². The lowest BCUT2D eigenvalue weighted by Crippen LogP contribution is -2.29. The highest BCUT2D eigenvalue weighted by atomic mass is 32.2. The molecule has 1 atom stereocenters. The van der Waals surface area contributed by atoms with Crippen LogP contribution in [0.3, 0.4) is 0 Å². The van der Waals surface area contributed by atoms with Crippen molar-refractivity contribution in [3.05, 3.63) is 112 Å². The van der Waals surface area contributed by atoms with Gasteiger partial charge in [-0.1, -0.05) is 78.0 Å². The summed E-state index contributed by atoms with van der Waals surface area (Å²) < 4.78 is 3.81. The van der Waals surface area contributed by atoms with E-state index in [0.717, 1.165) is 28.5 Å². The first-order valence-corrected chi connectivity index (χ1v) is 13.1. The molecule has 0 amide bonds. The van der Waals surface area contributed by atoms with E-state index in [9.17, 15) is 4.79 Å². The highest BCUT2D eigenvalue weighted by Gasteiger charge is 2.36. The molecule has 1 fully saturated rings. The van der Waals surface area contributed by atoms with Crippen LogP contribution in [0.2, 0.25) is 0 Å². The average Bonchev–Trinajstić information content (AvgIpc) is 3.42. The molecule has 0 bridgehead atoms. The zero-order valence-corrected chi connectivity index (χ0v) is 20.0. The van der Waals surface area contributed by atoms with Gasteiger partial charge in [-0.15, -0.1) is 16.9 Å². The van der Waals surface area contributed by atoms with Crippen LogP contribution in [0.1, 0.15) is 41.6 Å². The Kier molecular flexibility index (Phi) is 4.87. The quantitative estimate of drug-likeness (QED) is 0.318. The van der Waals surface area contributed by atoms with Crippen LogP contribution in [0.5, 0.6) is 0 Å². The summed E-state index contributed by atoms with van der Waals surface area (Å²) in [5.41, 5.74) is 5.72. The SMILES string of the molecule is O=c1cc(Cc2cccc3ccccc23)c(C2CC2)c2n1C(n1cc(-c3ccccc3)nn1)CS2. The van der Waals surface area contributed by atoms with Gasteiger partial charge in [-0.25, -0.2) is 4.68 Å². The molecule has 2 aliphatic rings. The summed E-state index contributed by atoms with van der Waals surface area (Å²) in [6, 6.07) is 26.9. The van der Waals surface area contributed by atoms with E-state index in [1.165, 1.54) is 40.3 Å². The van der Waals surface area contributed by atoms with Crippen molar-refractivity contribution in [2.24, 2.45) is 0 Å². The fourth-order valence-electron chi connectivity index (χ4n) is 5.29. The van der Waals surface area contributed by atoms with Crippen molar-refractivity contribution >= 4 is 22.5 Å². The van der Waals surface area contributed by atoms with Gasteiger partial charge in [0.2, 0.25) is 0 Å². The van der Waals surface area contributed by atoms with Crippen LogP contribution in [0.25, 0.3) is 22.0 Å². The molecule has 0 N–H and O–H groups in total. The largest absolute Gasteiger partial charge is 0.279 e. The molecule has 5 nitrogen and oxygen atoms in total. The lowest BCUT2D eigenvalue weighted by Gasteiger charge is -2.18. The molecule has 0 spiro atoms. The summed E-state index contributed by atoms with van der Waals surface area (Å²) >= 11 is 1.79. The third kappa shape index (κ3) is 3.60. The van der Waals surface area contributed by atoms with Gasteiger partial charge in [0, 0.05) is 17.4 Å². The molecule has 1 unspecified atom stereocenters. The molecule has 6 heteroatoms. The van der Waals surface area contributed by atoms with Gasteiger partial charge in [-0.05, 0) is 52.6 Å². The molecule has 0 radical (unpaired) electrons. The number of aromatic nitrogens is 4. The molecule has 172 valence electrons. The minimum Gasteiger partial charge on any atom is -0.279 e. The van der Waals surface area contributed by atoms with Gasteiger partial charge < -0.3 is 0 Å². The standard InChI is InChI=1S/C29H24N4OS/c34-27-16-23(15-22-11-6-10-19-7-4-5-12-24(19)22)28(21-13-14-21)29-33(27)26(18-35-29)32-17-25(30-31-32)20-8-2-1-3-9-20/h1-12,16-17,21,26H,13-15,18H2. The van der Waals surface area contributed by atoms with Gasteiger partial charge in [-0.2, -0.15) is 0 Å². The Balaban J connectivity index is 1.30. The van der Waals surface area contributed by atoms with Gasteiger partial charge in [0.15, 0.2) is 0 Å². The van der Waals surface area contributed by atoms with Crippen molar-refractivity contribution in [3.63, 3.8) is 0 Å². The average molecular weight is 477 g/mol. The van der Waals surface area contributed by atoms with E-state index in [2.05, 4.69) is 52.8 Å². The molecule has 7 rings (SSSR count). The molecule has 35 heavy (non-hydrogen) atoms. The number of thioether (sulfide) groups is 1. The second-order valence-electron chi connectivity index (χ2n) is 9.43. The Labute approximate surface area is 207 Å². The first-order chi connectivity index (χ1) is 17.3. The van der Waals surface area contributed by atoms with Gasteiger partial charge in [0.25, 0.3) is 5.56 Å². The lowest BCUT2D eigenvalue weighted by molar-refractivity contribution is 0.400. The Morgan fingerprint density at radius 1 is 0.914 bits per heavy atom. The second-order valence-corrected chi connectivity index (χ2v) is 10.4. The van der Waals surface area contributed by atoms with Crippen LogP contribution in [0, 0.1) is 0 Å². The van der Waals surface area contributed by atoms with Crippen molar-refractivity contribution in [2.75, 3.05) is 5.75 Å². The van der Waals surface area contributed by atoms with Crippen molar-refractivity contribution in [1.82, 2.24) is 19.6 Å². The number of benzene rings is 3. The van der Waals surface area contributed by atoms with Crippen LogP contribution in [-0.2, 0) is 6.42 Å². The first kappa shape index (κ1) is 20.7. The lowest BCUT2D eigenvalue weighted by atomic mass is 9.95. The molecule has 2 aromatic heterocycles. The molecular weight excluding hydrogens is 452 g/mol. The summed E-state index contributed by atoms with van der Waals surface area (Å²) in [6.07, 6.45) is 4.98. The van der Waals surface area contributed by atoms with E-state index >= 15 is 0 Å². The fraction of sp³-hybridized carbons (Fsp3) is 0.207. The number of fused-ring (bicyclic) bond motifs is 2. The van der Waals surface area contributed by atoms with Crippen molar-refractivity contribution in [2.45, 2.75) is 36.4 Å². The van der Waals surface area contributed by atoms with Crippen molar-refractivity contribution < 1.29 is 0 Å². The third-order valence-corrected chi connectivity index (χ3v) is 8.28. The number of rotatable bonds is 5. The van der Waals surface area contributed by atoms with E-state index in [1.54, 1.807) is 11.8 Å². The second kappa shape index (κ2) is 8.24. The van der Waals surface area contributed by atoms with Crippen molar-refractivity contribution in [3.8, 4) is 11.3 Å². The number of hydrogen-bond acceptors (Lipinski definition) is 4. The summed E-state index contributed by atoms with van der Waals surface area (Å²) in [5, 5.41) is 12.4. The monoisotopic (exact) mass is 476 g/mol. The number of pyridine rings is 1. The number of nitrogens with zero attached hydrogens (tertiary/aromatic N) is 4. The predicted octanol–water partition coefficient (Wildman–Crippen LogP) is 5.88. The number of hydrogen-bond donors (Lipinski definition) is 0. The highest BCUT2D eigenvalue weighted by Crippen LogP contribution is 2.48. The zero-order chi connectivity index (χ0) is 23.4. The van der Waals surface area contributed by atoms with E-state index in [-0.39, 0.29) is 11.7 Å². The molecule has 1 aliphatic heterocycles. The highest BCUT2D eigenvalue weighted by molar-refractivity contribution is 7.99. The van der Waals surface area contributed by atoms with Gasteiger partial charge >= 0.3 is 0 Å². The molecule has 3 aromatic carbocycles. The molecule has 1 aliphatic carbocycles. The Morgan fingerprint density at radius 2 is 1.71 bits per heavy atom. The van der Waals surface area contributed by atoms with Gasteiger partial charge in [0.1, 0.15) is 11.9 Å². The smallest absolute Gasteiger partial charge is 0.253 e. The minimum absolute atomic E-state index is 0.0476. The Hall–Kier alpha value is -3.64. The van der Waals surface area contributed by atoms with Gasteiger partial charge in [-0.3, -0.25) is 9.36 Å². The Morgan fingerprint density at radius 3 is 2.57 bits per heavy atom. The summed E-state index contributed by atoms with van der Waals surface area (Å²) in [7, 11) is 0. The Bertz CT molecular complexity index is 1610. The molecule has 3 heterocycles. The maximum Gasteiger partial charge on any atom is 0.253 e. The zero-order valence-electron chi connectivity index (χ0n) is 19.2. The topological polar surface area (TPSA) is 52.7 Å². The van der Waals surface area contributed by atoms with Crippen molar-refractivity contribution in [1.29, 1.82) is 0 Å². The molecule has 5 aromatic rings. The van der Waals surface area contributed by atoms with E-state index in [0.29, 0.717) is 5.92 Å². The van der Waals surface area contributed by atoms with Gasteiger partial charge in [0.05, 0.1) is 11.2 Å². The third-order valence-electron chi connectivity index (χ3n) is 7.13. The van der Waals surface area contributed by atoms with E-state index in [4.69, 9.17) is 0 Å². The molecule has 1 saturated carbocycles. The first-order valence-electron chi connectivity index (χ1n) is 12.1. The normalized spacial score (nSPS) is 17.1. The summed E-state index contributed by atoms with van der Waals surface area (Å²) in [4.78, 5) is 13.5. The maximum atomic E-state index is 13.5. The fourth-order valence-corrected chi connectivity index (χ4v) is 6.70. The van der Waals surface area contributed by atoms with Crippen LogP contribution >= 0.6 is 11.8 Å². The predicted molar refractivity (Wildman–Crippen MR) is 140 cm³/mol. The van der Waals surface area contributed by atoms with Crippen LogP contribution < -0.4 is 5.56 Å². The van der Waals surface area contributed by atoms with Crippen LogP contribution in [0.4, 0.5) is 0 Å².